The van der Waals surface area contributed by atoms with Gasteiger partial charge in [-0.05, 0) is 54.4 Å². The van der Waals surface area contributed by atoms with Crippen molar-refractivity contribution in [3.63, 3.8) is 0 Å². The number of aromatic nitrogens is 1. The van der Waals surface area contributed by atoms with Crippen LogP contribution in [0.25, 0.3) is 0 Å². The van der Waals surface area contributed by atoms with Gasteiger partial charge in [-0.2, -0.15) is 5.26 Å². The first-order chi connectivity index (χ1) is 17.9. The molecule has 37 heavy (non-hydrogen) atoms. The summed E-state index contributed by atoms with van der Waals surface area (Å²) in [7, 11) is 1.61. The SMILES string of the molecule is COc1cccc(CN2C(=O)OC3(CCN(C(=O)c4cccc(C#N)c4)CC3)C2(C)c2cccnc2)c1. The van der Waals surface area contributed by atoms with Crippen LogP contribution >= 0.6 is 0 Å². The number of rotatable bonds is 5. The maximum Gasteiger partial charge on any atom is 0.411 e. The minimum Gasteiger partial charge on any atom is -0.497 e. The van der Waals surface area contributed by atoms with Gasteiger partial charge in [-0.1, -0.05) is 24.3 Å². The van der Waals surface area contributed by atoms with Gasteiger partial charge in [-0.15, -0.1) is 0 Å². The normalized spacial score (nSPS) is 20.4. The first-order valence-corrected chi connectivity index (χ1v) is 12.2. The largest absolute Gasteiger partial charge is 0.497 e. The fourth-order valence-corrected chi connectivity index (χ4v) is 5.56. The number of hydrogen-bond acceptors (Lipinski definition) is 6. The van der Waals surface area contributed by atoms with Gasteiger partial charge in [-0.25, -0.2) is 4.79 Å². The number of carbonyl (C=O) groups excluding carboxylic acids is 2. The number of nitrogens with zero attached hydrogens (tertiary/aromatic N) is 4. The van der Waals surface area contributed by atoms with E-state index >= 15 is 0 Å². The molecule has 0 bridgehead atoms. The van der Waals surface area contributed by atoms with E-state index in [4.69, 9.17) is 9.47 Å². The Hall–Kier alpha value is -4.38. The maximum atomic E-state index is 13.4. The minimum absolute atomic E-state index is 0.132. The van der Waals surface area contributed by atoms with E-state index in [-0.39, 0.29) is 5.91 Å². The Labute approximate surface area is 216 Å². The van der Waals surface area contributed by atoms with Crippen molar-refractivity contribution in [1.82, 2.24) is 14.8 Å². The van der Waals surface area contributed by atoms with Gasteiger partial charge >= 0.3 is 6.09 Å². The molecule has 8 nitrogen and oxygen atoms in total. The first-order valence-electron chi connectivity index (χ1n) is 12.2. The van der Waals surface area contributed by atoms with Gasteiger partial charge in [-0.3, -0.25) is 14.7 Å². The third kappa shape index (κ3) is 4.16. The summed E-state index contributed by atoms with van der Waals surface area (Å²) in [5, 5.41) is 9.20. The molecule has 188 valence electrons. The summed E-state index contributed by atoms with van der Waals surface area (Å²) < 4.78 is 11.6. The fourth-order valence-electron chi connectivity index (χ4n) is 5.56. The number of hydrogen-bond donors (Lipinski definition) is 0. The van der Waals surface area contributed by atoms with E-state index in [9.17, 15) is 14.9 Å². The lowest BCUT2D eigenvalue weighted by Gasteiger charge is -2.48. The van der Waals surface area contributed by atoms with Crippen LogP contribution in [0.5, 0.6) is 5.75 Å². The molecular formula is C29H28N4O4. The van der Waals surface area contributed by atoms with Crippen LogP contribution in [0, 0.1) is 11.3 Å². The van der Waals surface area contributed by atoms with E-state index in [1.165, 1.54) is 0 Å². The summed E-state index contributed by atoms with van der Waals surface area (Å²) in [6, 6.07) is 20.3. The Morgan fingerprint density at radius 1 is 1.14 bits per heavy atom. The van der Waals surface area contributed by atoms with Crippen LogP contribution in [-0.2, 0) is 16.8 Å². The summed E-state index contributed by atoms with van der Waals surface area (Å²) >= 11 is 0. The van der Waals surface area contributed by atoms with Crippen LogP contribution in [0.4, 0.5) is 4.79 Å². The molecule has 1 unspecified atom stereocenters. The number of piperidine rings is 1. The van der Waals surface area contributed by atoms with Crippen molar-refractivity contribution >= 4 is 12.0 Å². The Kier molecular flexibility index (Phi) is 6.30. The number of nitriles is 1. The van der Waals surface area contributed by atoms with Crippen LogP contribution in [0.15, 0.2) is 73.1 Å². The zero-order chi connectivity index (χ0) is 26.0. The van der Waals surface area contributed by atoms with Crippen molar-refractivity contribution in [3.8, 4) is 11.8 Å². The van der Waals surface area contributed by atoms with Gasteiger partial charge in [0.2, 0.25) is 0 Å². The molecule has 0 N–H and O–H groups in total. The van der Waals surface area contributed by atoms with Crippen molar-refractivity contribution in [2.24, 2.45) is 0 Å². The molecule has 3 aromatic rings. The van der Waals surface area contributed by atoms with E-state index in [0.717, 1.165) is 16.9 Å². The Morgan fingerprint density at radius 3 is 2.62 bits per heavy atom. The molecule has 2 fully saturated rings. The number of benzene rings is 2. The predicted molar refractivity (Wildman–Crippen MR) is 136 cm³/mol. The van der Waals surface area contributed by atoms with Crippen molar-refractivity contribution in [3.05, 3.63) is 95.3 Å². The van der Waals surface area contributed by atoms with E-state index in [1.54, 1.807) is 53.6 Å². The molecule has 1 spiro atoms. The van der Waals surface area contributed by atoms with Gasteiger partial charge in [0.25, 0.3) is 5.91 Å². The lowest BCUT2D eigenvalue weighted by molar-refractivity contribution is -0.0552. The number of ether oxygens (including phenoxy) is 2. The highest BCUT2D eigenvalue weighted by molar-refractivity contribution is 5.94. The molecule has 5 rings (SSSR count). The van der Waals surface area contributed by atoms with E-state index in [1.807, 2.05) is 43.3 Å². The first kappa shape index (κ1) is 24.3. The van der Waals surface area contributed by atoms with E-state index in [2.05, 4.69) is 11.1 Å². The number of carbonyl (C=O) groups is 2. The lowest BCUT2D eigenvalue weighted by atomic mass is 9.70. The van der Waals surface area contributed by atoms with Crippen molar-refractivity contribution in [2.75, 3.05) is 20.2 Å². The summed E-state index contributed by atoms with van der Waals surface area (Å²) in [6.07, 6.45) is 4.05. The van der Waals surface area contributed by atoms with Gasteiger partial charge in [0, 0.05) is 43.9 Å². The minimum atomic E-state index is -0.836. The Balaban J connectivity index is 1.45. The highest BCUT2D eigenvalue weighted by atomic mass is 16.6. The van der Waals surface area contributed by atoms with Crippen LogP contribution in [0.2, 0.25) is 0 Å². The smallest absolute Gasteiger partial charge is 0.411 e. The summed E-state index contributed by atoms with van der Waals surface area (Å²) in [5.74, 6) is 0.586. The molecule has 3 heterocycles. The van der Waals surface area contributed by atoms with Crippen molar-refractivity contribution < 1.29 is 19.1 Å². The Morgan fingerprint density at radius 2 is 1.92 bits per heavy atom. The van der Waals surface area contributed by atoms with Gasteiger partial charge in [0.15, 0.2) is 0 Å². The average Bonchev–Trinajstić information content (AvgIpc) is 3.15. The zero-order valence-electron chi connectivity index (χ0n) is 20.9. The summed E-state index contributed by atoms with van der Waals surface area (Å²) in [6.45, 7) is 3.22. The molecule has 0 radical (unpaired) electrons. The van der Waals surface area contributed by atoms with E-state index < -0.39 is 17.2 Å². The molecule has 0 saturated carbocycles. The van der Waals surface area contributed by atoms with Crippen molar-refractivity contribution in [1.29, 1.82) is 5.26 Å². The third-order valence-corrected chi connectivity index (χ3v) is 7.73. The number of amides is 2. The average molecular weight is 497 g/mol. The second-order valence-corrected chi connectivity index (χ2v) is 9.60. The fraction of sp³-hybridized carbons (Fsp3) is 0.310. The number of pyridine rings is 1. The molecule has 2 aliphatic rings. The van der Waals surface area contributed by atoms with Gasteiger partial charge < -0.3 is 14.4 Å². The quantitative estimate of drug-likeness (QED) is 0.516. The molecule has 2 aromatic carbocycles. The molecule has 0 aliphatic carbocycles. The van der Waals surface area contributed by atoms with E-state index in [0.29, 0.717) is 43.6 Å². The van der Waals surface area contributed by atoms with Crippen LogP contribution in [0.3, 0.4) is 0 Å². The van der Waals surface area contributed by atoms with Crippen molar-refractivity contribution in [2.45, 2.75) is 37.5 Å². The molecule has 2 saturated heterocycles. The van der Waals surface area contributed by atoms with Crippen LogP contribution in [0.1, 0.15) is 46.8 Å². The Bertz CT molecular complexity index is 1360. The summed E-state index contributed by atoms with van der Waals surface area (Å²) in [4.78, 5) is 34.5. The summed E-state index contributed by atoms with van der Waals surface area (Å²) in [5.41, 5.74) is 1.09. The molecule has 2 amide bonds. The third-order valence-electron chi connectivity index (χ3n) is 7.73. The molecule has 2 aliphatic heterocycles. The van der Waals surface area contributed by atoms with Crippen LogP contribution in [-0.4, -0.2) is 52.6 Å². The monoisotopic (exact) mass is 496 g/mol. The zero-order valence-corrected chi connectivity index (χ0v) is 20.9. The highest BCUT2D eigenvalue weighted by Gasteiger charge is 2.64. The molecule has 1 atom stereocenters. The maximum absolute atomic E-state index is 13.4. The molecular weight excluding hydrogens is 468 g/mol. The van der Waals surface area contributed by atoms with Gasteiger partial charge in [0.1, 0.15) is 16.9 Å². The van der Waals surface area contributed by atoms with Gasteiger partial charge in [0.05, 0.1) is 25.3 Å². The second-order valence-electron chi connectivity index (χ2n) is 9.60. The standard InChI is InChI=1S/C29H28N4O4/c1-28(24-9-5-13-31-19-24)29(37-27(35)33(28)20-22-7-4-10-25(17-22)36-2)11-14-32(15-12-29)26(34)23-8-3-6-21(16-23)18-30/h3-10,13,16-17,19H,11-12,14-15,20H2,1-2H3. The van der Waals surface area contributed by atoms with Crippen LogP contribution < -0.4 is 4.74 Å². The predicted octanol–water partition coefficient (Wildman–Crippen LogP) is 4.50. The highest BCUT2D eigenvalue weighted by Crippen LogP contribution is 2.52. The topological polar surface area (TPSA) is 95.8 Å². The molecule has 1 aromatic heterocycles. The second kappa shape index (κ2) is 9.58. The number of likely N-dealkylation sites (tertiary alicyclic amines) is 1. The lowest BCUT2D eigenvalue weighted by Crippen LogP contribution is -2.58. The molecule has 8 heteroatoms. The number of methoxy groups -OCH3 is 1.